The molecule has 12 nitrogen and oxygen atoms in total. The van der Waals surface area contributed by atoms with Gasteiger partial charge in [-0.1, -0.05) is 6.07 Å². The number of aromatic nitrogens is 5. The molecule has 0 unspecified atom stereocenters. The molecule has 0 saturated carbocycles. The Labute approximate surface area is 200 Å². The number of hydrogen-bond donors (Lipinski definition) is 4. The largest absolute Gasteiger partial charge is 0.422 e. The minimum Gasteiger partial charge on any atom is -0.422 e. The smallest absolute Gasteiger partial charge is 0.297 e. The van der Waals surface area contributed by atoms with Crippen molar-refractivity contribution in [1.29, 1.82) is 0 Å². The summed E-state index contributed by atoms with van der Waals surface area (Å²) in [5.41, 5.74) is 2.52. The zero-order chi connectivity index (χ0) is 24.4. The Morgan fingerprint density at radius 2 is 2.06 bits per heavy atom. The van der Waals surface area contributed by atoms with E-state index in [0.29, 0.717) is 60.1 Å². The fraction of sp³-hybridized carbons (Fsp3) is 0.348. The standard InChI is InChI=1S/C23H26N8O4/c1-30-13-14(12-25-30)17-3-2-4-19(26-17)27-22(34)16-11-18-20(29-23(35-18)24-7-10-32)28-21(16)31-8-5-15(33)6-9-31/h2-4,11-13,15,32-33H,5-10H2,1H3,(H,24,28,29)(H,26,27,34). The predicted octanol–water partition coefficient (Wildman–Crippen LogP) is 1.64. The van der Waals surface area contributed by atoms with Gasteiger partial charge in [0, 0.05) is 44.5 Å². The highest BCUT2D eigenvalue weighted by Gasteiger charge is 2.26. The topological polar surface area (TPSA) is 154 Å². The van der Waals surface area contributed by atoms with Gasteiger partial charge >= 0.3 is 0 Å². The van der Waals surface area contributed by atoms with Crippen molar-refractivity contribution >= 4 is 34.8 Å². The highest BCUT2D eigenvalue weighted by atomic mass is 16.4. The van der Waals surface area contributed by atoms with Crippen LogP contribution in [0.4, 0.5) is 17.7 Å². The summed E-state index contributed by atoms with van der Waals surface area (Å²) in [6, 6.07) is 7.20. The molecular weight excluding hydrogens is 452 g/mol. The Balaban J connectivity index is 1.47. The monoisotopic (exact) mass is 478 g/mol. The van der Waals surface area contributed by atoms with Crippen molar-refractivity contribution in [2.45, 2.75) is 18.9 Å². The van der Waals surface area contributed by atoms with Gasteiger partial charge in [-0.05, 0) is 25.0 Å². The molecule has 0 atom stereocenters. The summed E-state index contributed by atoms with van der Waals surface area (Å²) in [6.07, 6.45) is 4.35. The van der Waals surface area contributed by atoms with Crippen LogP contribution in [0.15, 0.2) is 41.1 Å². The van der Waals surface area contributed by atoms with Crippen LogP contribution in [-0.4, -0.2) is 73.2 Å². The first kappa shape index (κ1) is 22.7. The van der Waals surface area contributed by atoms with Crippen molar-refractivity contribution in [3.8, 4) is 11.3 Å². The number of nitrogens with zero attached hydrogens (tertiary/aromatic N) is 6. The Kier molecular flexibility index (Phi) is 6.29. The molecule has 35 heavy (non-hydrogen) atoms. The maximum absolute atomic E-state index is 13.4. The van der Waals surface area contributed by atoms with E-state index in [1.54, 1.807) is 23.0 Å². The highest BCUT2D eigenvalue weighted by molar-refractivity contribution is 6.08. The van der Waals surface area contributed by atoms with Gasteiger partial charge in [-0.15, -0.1) is 0 Å². The third-order valence-electron chi connectivity index (χ3n) is 5.75. The van der Waals surface area contributed by atoms with Crippen LogP contribution in [-0.2, 0) is 7.05 Å². The van der Waals surface area contributed by atoms with Gasteiger partial charge in [0.05, 0.1) is 30.2 Å². The van der Waals surface area contributed by atoms with Crippen LogP contribution >= 0.6 is 0 Å². The molecule has 0 spiro atoms. The van der Waals surface area contributed by atoms with E-state index in [9.17, 15) is 9.90 Å². The lowest BCUT2D eigenvalue weighted by molar-refractivity contribution is 0.102. The second kappa shape index (κ2) is 9.68. The Morgan fingerprint density at radius 3 is 2.80 bits per heavy atom. The maximum Gasteiger partial charge on any atom is 0.297 e. The molecule has 0 aromatic carbocycles. The summed E-state index contributed by atoms with van der Waals surface area (Å²) >= 11 is 0. The SMILES string of the molecule is Cn1cc(-c2cccc(NC(=O)c3cc4oc(NCCO)nc4nc3N3CCC(O)CC3)n2)cn1. The van der Waals surface area contributed by atoms with E-state index in [1.165, 1.54) is 0 Å². The number of pyridine rings is 2. The number of hydrogen-bond acceptors (Lipinski definition) is 10. The number of rotatable bonds is 7. The quantitative estimate of drug-likeness (QED) is 0.308. The molecule has 4 N–H and O–H groups in total. The molecule has 1 saturated heterocycles. The van der Waals surface area contributed by atoms with Gasteiger partial charge < -0.3 is 30.2 Å². The molecule has 0 bridgehead atoms. The van der Waals surface area contributed by atoms with E-state index in [0.717, 1.165) is 5.56 Å². The van der Waals surface area contributed by atoms with Crippen LogP contribution in [0.1, 0.15) is 23.2 Å². The fourth-order valence-corrected chi connectivity index (χ4v) is 3.98. The van der Waals surface area contributed by atoms with Crippen LogP contribution in [0, 0.1) is 0 Å². The Morgan fingerprint density at radius 1 is 1.23 bits per heavy atom. The van der Waals surface area contributed by atoms with E-state index in [1.807, 2.05) is 30.3 Å². The molecular formula is C23H26N8O4. The number of carbonyl (C=O) groups excluding carboxylic acids is 1. The van der Waals surface area contributed by atoms with Gasteiger partial charge in [-0.3, -0.25) is 9.48 Å². The molecule has 1 amide bonds. The second-order valence-electron chi connectivity index (χ2n) is 8.33. The number of oxazole rings is 1. The van der Waals surface area contributed by atoms with Crippen molar-refractivity contribution in [2.75, 3.05) is 41.8 Å². The summed E-state index contributed by atoms with van der Waals surface area (Å²) in [7, 11) is 1.83. The van der Waals surface area contributed by atoms with Gasteiger partial charge in [0.1, 0.15) is 11.6 Å². The summed E-state index contributed by atoms with van der Waals surface area (Å²) in [6.45, 7) is 1.31. The van der Waals surface area contributed by atoms with Crippen LogP contribution in [0.3, 0.4) is 0 Å². The van der Waals surface area contributed by atoms with Gasteiger partial charge in [0.25, 0.3) is 11.9 Å². The molecule has 12 heteroatoms. The average Bonchev–Trinajstić information content (AvgIpc) is 3.48. The molecule has 182 valence electrons. The zero-order valence-electron chi connectivity index (χ0n) is 19.2. The first-order valence-corrected chi connectivity index (χ1v) is 11.4. The van der Waals surface area contributed by atoms with E-state index >= 15 is 0 Å². The van der Waals surface area contributed by atoms with Gasteiger partial charge in [0.15, 0.2) is 5.58 Å². The number of fused-ring (bicyclic) bond motifs is 1. The third kappa shape index (κ3) is 4.93. The van der Waals surface area contributed by atoms with Crippen molar-refractivity contribution in [3.63, 3.8) is 0 Å². The number of carbonyl (C=O) groups is 1. The van der Waals surface area contributed by atoms with Gasteiger partial charge in [0.2, 0.25) is 5.65 Å². The summed E-state index contributed by atoms with van der Waals surface area (Å²) in [5, 5.41) is 28.9. The van der Waals surface area contributed by atoms with Crippen molar-refractivity contribution in [2.24, 2.45) is 7.05 Å². The van der Waals surface area contributed by atoms with Crippen LogP contribution in [0.25, 0.3) is 22.5 Å². The fourth-order valence-electron chi connectivity index (χ4n) is 3.98. The van der Waals surface area contributed by atoms with Crippen LogP contribution in [0.5, 0.6) is 0 Å². The summed E-state index contributed by atoms with van der Waals surface area (Å²) in [4.78, 5) is 28.9. The molecule has 5 heterocycles. The van der Waals surface area contributed by atoms with Crippen molar-refractivity contribution in [3.05, 3.63) is 42.2 Å². The maximum atomic E-state index is 13.4. The molecule has 1 aliphatic rings. The average molecular weight is 479 g/mol. The minimum absolute atomic E-state index is 0.0771. The normalized spacial score (nSPS) is 14.4. The van der Waals surface area contributed by atoms with Gasteiger partial charge in [-0.25, -0.2) is 9.97 Å². The summed E-state index contributed by atoms with van der Waals surface area (Å²) in [5.74, 6) is 0.462. The van der Waals surface area contributed by atoms with Crippen LogP contribution < -0.4 is 15.5 Å². The number of amides is 1. The zero-order valence-corrected chi connectivity index (χ0v) is 19.2. The lowest BCUT2D eigenvalue weighted by Crippen LogP contribution is -2.37. The van der Waals surface area contributed by atoms with E-state index in [2.05, 4.69) is 30.7 Å². The molecule has 1 aliphatic heterocycles. The molecule has 0 radical (unpaired) electrons. The number of aliphatic hydroxyl groups excluding tert-OH is 2. The van der Waals surface area contributed by atoms with E-state index < -0.39 is 5.91 Å². The molecule has 1 fully saturated rings. The molecule has 4 aromatic rings. The minimum atomic E-state index is -0.391. The number of anilines is 3. The van der Waals surface area contributed by atoms with Crippen molar-refractivity contribution in [1.82, 2.24) is 24.7 Å². The first-order valence-electron chi connectivity index (χ1n) is 11.4. The van der Waals surface area contributed by atoms with Gasteiger partial charge in [-0.2, -0.15) is 10.1 Å². The Bertz CT molecular complexity index is 1340. The molecule has 5 rings (SSSR count). The lowest BCUT2D eigenvalue weighted by Gasteiger charge is -2.31. The second-order valence-corrected chi connectivity index (χ2v) is 8.33. The van der Waals surface area contributed by atoms with E-state index in [-0.39, 0.29) is 25.3 Å². The molecule has 0 aliphatic carbocycles. The first-order chi connectivity index (χ1) is 17.0. The Hall–Kier alpha value is -4.03. The predicted molar refractivity (Wildman–Crippen MR) is 129 cm³/mol. The third-order valence-corrected chi connectivity index (χ3v) is 5.75. The summed E-state index contributed by atoms with van der Waals surface area (Å²) < 4.78 is 7.38. The highest BCUT2D eigenvalue weighted by Crippen LogP contribution is 2.29. The lowest BCUT2D eigenvalue weighted by atomic mass is 10.1. The van der Waals surface area contributed by atoms with Crippen LogP contribution in [0.2, 0.25) is 0 Å². The molecule has 4 aromatic heterocycles. The number of aryl methyl sites for hydroxylation is 1. The van der Waals surface area contributed by atoms with E-state index in [4.69, 9.17) is 9.52 Å². The number of piperidine rings is 1. The number of aliphatic hydroxyl groups is 2. The number of nitrogens with one attached hydrogen (secondary N) is 2. The van der Waals surface area contributed by atoms with Crippen molar-refractivity contribution < 1.29 is 19.4 Å².